The first-order valence-corrected chi connectivity index (χ1v) is 8.96. The molecule has 0 spiro atoms. The van der Waals surface area contributed by atoms with Gasteiger partial charge in [-0.25, -0.2) is 4.39 Å². The van der Waals surface area contributed by atoms with Gasteiger partial charge in [-0.3, -0.25) is 9.59 Å². The van der Waals surface area contributed by atoms with E-state index in [0.29, 0.717) is 5.69 Å². The summed E-state index contributed by atoms with van der Waals surface area (Å²) in [5.41, 5.74) is 3.45. The monoisotopic (exact) mass is 360 g/mol. The second-order valence-corrected chi connectivity index (χ2v) is 7.07. The topological polar surface area (TPSA) is 58.2 Å². The third kappa shape index (κ3) is 5.60. The first-order valence-electron chi connectivity index (χ1n) is 7.91. The summed E-state index contributed by atoms with van der Waals surface area (Å²) in [5.74, 6) is -0.598. The zero-order chi connectivity index (χ0) is 18.4. The van der Waals surface area contributed by atoms with Crippen molar-refractivity contribution in [3.8, 4) is 0 Å². The van der Waals surface area contributed by atoms with Crippen LogP contribution in [0.1, 0.15) is 18.1 Å². The van der Waals surface area contributed by atoms with Crippen molar-refractivity contribution in [2.24, 2.45) is 0 Å². The van der Waals surface area contributed by atoms with E-state index < -0.39 is 0 Å². The first kappa shape index (κ1) is 19.0. The number of hydrogen-bond donors (Lipinski definition) is 2. The van der Waals surface area contributed by atoms with Crippen molar-refractivity contribution in [1.82, 2.24) is 0 Å². The molecule has 25 heavy (non-hydrogen) atoms. The molecule has 1 atom stereocenters. The molecule has 0 aliphatic rings. The van der Waals surface area contributed by atoms with Gasteiger partial charge in [0.05, 0.1) is 11.0 Å². The Morgan fingerprint density at radius 1 is 1.08 bits per heavy atom. The number of thioether (sulfide) groups is 1. The number of carbonyl (C=O) groups is 2. The summed E-state index contributed by atoms with van der Waals surface area (Å²) in [7, 11) is 0. The van der Waals surface area contributed by atoms with Gasteiger partial charge in [-0.1, -0.05) is 12.1 Å². The van der Waals surface area contributed by atoms with Crippen LogP contribution in [0.25, 0.3) is 0 Å². The van der Waals surface area contributed by atoms with E-state index in [4.69, 9.17) is 0 Å². The van der Waals surface area contributed by atoms with Gasteiger partial charge >= 0.3 is 0 Å². The molecule has 2 aromatic carbocycles. The fourth-order valence-corrected chi connectivity index (χ4v) is 2.81. The number of rotatable bonds is 6. The normalized spacial score (nSPS) is 11.7. The van der Waals surface area contributed by atoms with E-state index in [1.54, 1.807) is 6.92 Å². The van der Waals surface area contributed by atoms with Crippen LogP contribution in [0.3, 0.4) is 0 Å². The molecule has 2 N–H and O–H groups in total. The second-order valence-electron chi connectivity index (χ2n) is 5.75. The quantitative estimate of drug-likeness (QED) is 0.814. The van der Waals surface area contributed by atoms with Crippen LogP contribution in [0.4, 0.5) is 15.8 Å². The molecule has 2 amide bonds. The summed E-state index contributed by atoms with van der Waals surface area (Å²) in [6.07, 6.45) is 0. The second kappa shape index (κ2) is 8.67. The minimum absolute atomic E-state index is 0.138. The van der Waals surface area contributed by atoms with E-state index >= 15 is 0 Å². The molecule has 6 heteroatoms. The number of hydrogen-bond acceptors (Lipinski definition) is 3. The lowest BCUT2D eigenvalue weighted by molar-refractivity contribution is -0.115. The number of anilines is 2. The summed E-state index contributed by atoms with van der Waals surface area (Å²) in [4.78, 5) is 24.2. The smallest absolute Gasteiger partial charge is 0.237 e. The van der Waals surface area contributed by atoms with Gasteiger partial charge in [0.2, 0.25) is 11.8 Å². The van der Waals surface area contributed by atoms with Gasteiger partial charge in [0.25, 0.3) is 0 Å². The Morgan fingerprint density at radius 2 is 1.76 bits per heavy atom. The molecule has 0 aromatic heterocycles. The predicted molar refractivity (Wildman–Crippen MR) is 101 cm³/mol. The summed E-state index contributed by atoms with van der Waals surface area (Å²) < 4.78 is 12.8. The molecule has 0 saturated carbocycles. The number of amides is 2. The molecule has 0 fully saturated rings. The summed E-state index contributed by atoms with van der Waals surface area (Å²) in [6.45, 7) is 5.71. The van der Waals surface area contributed by atoms with Crippen molar-refractivity contribution in [3.05, 3.63) is 59.4 Å². The van der Waals surface area contributed by atoms with Crippen LogP contribution in [-0.2, 0) is 9.59 Å². The molecule has 0 radical (unpaired) electrons. The molecule has 0 bridgehead atoms. The van der Waals surface area contributed by atoms with E-state index in [1.165, 1.54) is 36.0 Å². The summed E-state index contributed by atoms with van der Waals surface area (Å²) in [6, 6.07) is 11.3. The molecule has 2 rings (SSSR count). The Bertz CT molecular complexity index is 763. The van der Waals surface area contributed by atoms with Gasteiger partial charge in [-0.15, -0.1) is 11.8 Å². The minimum atomic E-state index is -0.376. The van der Waals surface area contributed by atoms with Crippen molar-refractivity contribution >= 4 is 35.0 Å². The third-order valence-corrected chi connectivity index (χ3v) is 4.97. The van der Waals surface area contributed by atoms with E-state index in [2.05, 4.69) is 10.6 Å². The Labute approximate surface area is 151 Å². The van der Waals surface area contributed by atoms with Crippen molar-refractivity contribution in [2.75, 3.05) is 16.4 Å². The van der Waals surface area contributed by atoms with E-state index in [1.807, 2.05) is 32.0 Å². The standard InChI is InChI=1S/C19H21FN2O2S/c1-12-5-4-6-17(13(12)2)22-19(24)14(3)25-11-18(23)21-16-9-7-15(20)8-10-16/h4-10,14H,11H2,1-3H3,(H,21,23)(H,22,24)/t14-/m1/s1. The molecule has 0 saturated heterocycles. The van der Waals surface area contributed by atoms with Crippen LogP contribution in [0.2, 0.25) is 0 Å². The van der Waals surface area contributed by atoms with Gasteiger partial charge in [-0.05, 0) is 62.2 Å². The highest BCUT2D eigenvalue weighted by molar-refractivity contribution is 8.01. The first-order chi connectivity index (χ1) is 11.9. The minimum Gasteiger partial charge on any atom is -0.325 e. The maximum Gasteiger partial charge on any atom is 0.237 e. The number of halogens is 1. The molecular weight excluding hydrogens is 339 g/mol. The van der Waals surface area contributed by atoms with Crippen LogP contribution in [0, 0.1) is 19.7 Å². The fraction of sp³-hybridized carbons (Fsp3) is 0.263. The molecule has 0 aliphatic carbocycles. The van der Waals surface area contributed by atoms with E-state index in [0.717, 1.165) is 16.8 Å². The van der Waals surface area contributed by atoms with Crippen LogP contribution in [0.15, 0.2) is 42.5 Å². The van der Waals surface area contributed by atoms with Crippen LogP contribution >= 0.6 is 11.8 Å². The fourth-order valence-electron chi connectivity index (χ4n) is 2.13. The van der Waals surface area contributed by atoms with Crippen LogP contribution < -0.4 is 10.6 Å². The molecule has 132 valence electrons. The lowest BCUT2D eigenvalue weighted by Crippen LogP contribution is -2.25. The molecule has 0 heterocycles. The van der Waals surface area contributed by atoms with E-state index in [9.17, 15) is 14.0 Å². The highest BCUT2D eigenvalue weighted by Gasteiger charge is 2.16. The number of aryl methyl sites for hydroxylation is 1. The lowest BCUT2D eigenvalue weighted by atomic mass is 10.1. The molecule has 2 aromatic rings. The lowest BCUT2D eigenvalue weighted by Gasteiger charge is -2.14. The van der Waals surface area contributed by atoms with Crippen molar-refractivity contribution < 1.29 is 14.0 Å². The van der Waals surface area contributed by atoms with E-state index in [-0.39, 0.29) is 28.6 Å². The van der Waals surface area contributed by atoms with Gasteiger partial charge in [0, 0.05) is 11.4 Å². The zero-order valence-electron chi connectivity index (χ0n) is 14.4. The molecule has 4 nitrogen and oxygen atoms in total. The molecule has 0 aliphatic heterocycles. The zero-order valence-corrected chi connectivity index (χ0v) is 15.2. The third-order valence-electron chi connectivity index (χ3n) is 3.82. The van der Waals surface area contributed by atoms with Crippen molar-refractivity contribution in [3.63, 3.8) is 0 Å². The van der Waals surface area contributed by atoms with Gasteiger partial charge in [0.15, 0.2) is 0 Å². The van der Waals surface area contributed by atoms with Gasteiger partial charge in [-0.2, -0.15) is 0 Å². The Hall–Kier alpha value is -2.34. The van der Waals surface area contributed by atoms with Crippen LogP contribution in [0.5, 0.6) is 0 Å². The molecular formula is C19H21FN2O2S. The average Bonchev–Trinajstić information content (AvgIpc) is 2.58. The Balaban J connectivity index is 1.83. The van der Waals surface area contributed by atoms with Crippen LogP contribution in [-0.4, -0.2) is 22.8 Å². The van der Waals surface area contributed by atoms with Gasteiger partial charge < -0.3 is 10.6 Å². The SMILES string of the molecule is Cc1cccc(NC(=O)[C@@H](C)SCC(=O)Nc2ccc(F)cc2)c1C. The maximum atomic E-state index is 12.8. The highest BCUT2D eigenvalue weighted by atomic mass is 32.2. The molecule has 0 unspecified atom stereocenters. The maximum absolute atomic E-state index is 12.8. The number of benzene rings is 2. The Kier molecular flexibility index (Phi) is 6.58. The van der Waals surface area contributed by atoms with Crippen molar-refractivity contribution in [1.29, 1.82) is 0 Å². The summed E-state index contributed by atoms with van der Waals surface area (Å²) in [5, 5.41) is 5.19. The number of carbonyl (C=O) groups excluding carboxylic acids is 2. The highest BCUT2D eigenvalue weighted by Crippen LogP contribution is 2.20. The summed E-state index contributed by atoms with van der Waals surface area (Å²) >= 11 is 1.25. The number of nitrogens with one attached hydrogen (secondary N) is 2. The predicted octanol–water partition coefficient (Wildman–Crippen LogP) is 4.14. The average molecular weight is 360 g/mol. The largest absolute Gasteiger partial charge is 0.325 e. The van der Waals surface area contributed by atoms with Gasteiger partial charge in [0.1, 0.15) is 5.82 Å². The Morgan fingerprint density at radius 3 is 2.44 bits per heavy atom. The van der Waals surface area contributed by atoms with Crippen molar-refractivity contribution in [2.45, 2.75) is 26.0 Å².